The molecule has 17 nitrogen and oxygen atoms in total. The number of hydrogen-bond acceptors (Lipinski definition) is 14. The molecule has 0 bridgehead atoms. The minimum atomic E-state index is -0.706. The molecular formula is C43H57N3O14. The maximum atomic E-state index is 13.4. The average molecular weight is 840 g/mol. The summed E-state index contributed by atoms with van der Waals surface area (Å²) in [6, 6.07) is 16.2. The average Bonchev–Trinajstić information content (AvgIpc) is 3.98. The largest absolute Gasteiger partial charge is 0.378 e. The van der Waals surface area contributed by atoms with Gasteiger partial charge in [-0.05, 0) is 34.8 Å². The van der Waals surface area contributed by atoms with Crippen molar-refractivity contribution < 1.29 is 66.7 Å². The Balaban J connectivity index is 0.732. The van der Waals surface area contributed by atoms with Crippen LogP contribution >= 0.6 is 0 Å². The topological polar surface area (TPSA) is 187 Å². The van der Waals surface area contributed by atoms with E-state index in [2.05, 4.69) is 23.5 Å². The molecule has 5 rings (SSSR count). The van der Waals surface area contributed by atoms with Crippen LogP contribution in [0.3, 0.4) is 0 Å². The highest BCUT2D eigenvalue weighted by Crippen LogP contribution is 2.52. The van der Waals surface area contributed by atoms with Crippen LogP contribution in [0.1, 0.15) is 55.2 Å². The number of allylic oxidation sites excluding steroid dienone is 2. The van der Waals surface area contributed by atoms with E-state index in [1.807, 2.05) is 35.2 Å². The van der Waals surface area contributed by atoms with Crippen LogP contribution in [-0.4, -0.2) is 147 Å². The maximum Gasteiger partial charge on any atom is 0.335 e. The molecule has 0 unspecified atom stereocenters. The van der Waals surface area contributed by atoms with Crippen molar-refractivity contribution in [1.29, 1.82) is 0 Å². The zero-order valence-electron chi connectivity index (χ0n) is 34.2. The molecule has 60 heavy (non-hydrogen) atoms. The van der Waals surface area contributed by atoms with Crippen molar-refractivity contribution in [2.45, 2.75) is 45.1 Å². The van der Waals surface area contributed by atoms with Crippen LogP contribution in [0.25, 0.3) is 11.1 Å². The van der Waals surface area contributed by atoms with Crippen LogP contribution in [-0.2, 0) is 73.2 Å². The van der Waals surface area contributed by atoms with Gasteiger partial charge in [0.1, 0.15) is 0 Å². The molecule has 2 heterocycles. The highest BCUT2D eigenvalue weighted by molar-refractivity contribution is 6.13. The van der Waals surface area contributed by atoms with E-state index >= 15 is 0 Å². The van der Waals surface area contributed by atoms with E-state index in [9.17, 15) is 24.0 Å². The van der Waals surface area contributed by atoms with E-state index in [4.69, 9.17) is 42.7 Å². The molecule has 4 amide bonds. The molecule has 2 aliphatic heterocycles. The highest BCUT2D eigenvalue weighted by Gasteiger charge is 2.34. The van der Waals surface area contributed by atoms with Gasteiger partial charge < -0.3 is 52.9 Å². The number of ether oxygens (including phenoxy) is 8. The van der Waals surface area contributed by atoms with Gasteiger partial charge in [0, 0.05) is 37.8 Å². The van der Waals surface area contributed by atoms with E-state index < -0.39 is 17.8 Å². The summed E-state index contributed by atoms with van der Waals surface area (Å²) in [4.78, 5) is 67.1. The summed E-state index contributed by atoms with van der Waals surface area (Å²) < 4.78 is 43.7. The third-order valence-electron chi connectivity index (χ3n) is 9.47. The lowest BCUT2D eigenvalue weighted by atomic mass is 10.0. The number of nitrogens with one attached hydrogen (secondary N) is 1. The molecule has 0 saturated carbocycles. The fourth-order valence-electron chi connectivity index (χ4n) is 6.35. The molecule has 2 aromatic rings. The number of hydrogen-bond donors (Lipinski definition) is 1. The number of imide groups is 1. The SMILES string of the molecule is O=C(CCC(=O)N1Cc2ccccc2C2=C(C2)c2ccccc21)NCCOCCOCCOCCOCCOCCOCCOCCOCCC(=O)ON1C(=O)CCC1=O. The Morgan fingerprint density at radius 2 is 1.00 bits per heavy atom. The van der Waals surface area contributed by atoms with Gasteiger partial charge in [-0.1, -0.05) is 42.5 Å². The number of fused-ring (bicyclic) bond motifs is 4. The van der Waals surface area contributed by atoms with Gasteiger partial charge in [-0.3, -0.25) is 19.2 Å². The summed E-state index contributed by atoms with van der Waals surface area (Å²) in [7, 11) is 0. The van der Waals surface area contributed by atoms with Crippen molar-refractivity contribution in [1.82, 2.24) is 10.4 Å². The Labute approximate surface area is 350 Å². The Bertz CT molecular complexity index is 1720. The molecule has 3 aliphatic rings. The number of amides is 4. The fraction of sp³-hybridized carbons (Fsp3) is 0.558. The zero-order chi connectivity index (χ0) is 42.2. The Morgan fingerprint density at radius 3 is 1.57 bits per heavy atom. The van der Waals surface area contributed by atoms with Crippen LogP contribution in [0.2, 0.25) is 0 Å². The Kier molecular flexibility index (Phi) is 20.6. The van der Waals surface area contributed by atoms with E-state index in [0.29, 0.717) is 111 Å². The van der Waals surface area contributed by atoms with Gasteiger partial charge in [-0.15, -0.1) is 5.06 Å². The smallest absolute Gasteiger partial charge is 0.335 e. The number of anilines is 1. The lowest BCUT2D eigenvalue weighted by molar-refractivity contribution is -0.198. The lowest BCUT2D eigenvalue weighted by Gasteiger charge is -2.27. The van der Waals surface area contributed by atoms with Crippen molar-refractivity contribution in [3.05, 3.63) is 65.2 Å². The third-order valence-corrected chi connectivity index (χ3v) is 9.47. The number of carbonyl (C=O) groups is 5. The molecule has 0 spiro atoms. The molecular weight excluding hydrogens is 782 g/mol. The first-order valence-electron chi connectivity index (χ1n) is 20.6. The van der Waals surface area contributed by atoms with Crippen LogP contribution < -0.4 is 10.2 Å². The van der Waals surface area contributed by atoms with Crippen LogP contribution in [0.5, 0.6) is 0 Å². The van der Waals surface area contributed by atoms with E-state index in [1.54, 1.807) is 0 Å². The molecule has 17 heteroatoms. The third kappa shape index (κ3) is 16.1. The molecule has 1 saturated heterocycles. The van der Waals surface area contributed by atoms with Crippen LogP contribution in [0.4, 0.5) is 5.69 Å². The first-order chi connectivity index (χ1) is 29.4. The van der Waals surface area contributed by atoms with Gasteiger partial charge in [0.2, 0.25) is 11.8 Å². The number of carbonyl (C=O) groups excluding carboxylic acids is 5. The van der Waals surface area contributed by atoms with E-state index in [0.717, 1.165) is 23.2 Å². The highest BCUT2D eigenvalue weighted by atomic mass is 16.7. The van der Waals surface area contributed by atoms with Crippen molar-refractivity contribution in [3.63, 3.8) is 0 Å². The minimum absolute atomic E-state index is 0.0525. The Morgan fingerprint density at radius 1 is 0.533 bits per heavy atom. The summed E-state index contributed by atoms with van der Waals surface area (Å²) in [5.74, 6) is -2.00. The van der Waals surface area contributed by atoms with Gasteiger partial charge in [0.15, 0.2) is 0 Å². The molecule has 0 aromatic heterocycles. The lowest BCUT2D eigenvalue weighted by Crippen LogP contribution is -2.33. The zero-order valence-corrected chi connectivity index (χ0v) is 34.2. The summed E-state index contributed by atoms with van der Waals surface area (Å²) >= 11 is 0. The van der Waals surface area contributed by atoms with Crippen molar-refractivity contribution >= 4 is 46.4 Å². The molecule has 2 aromatic carbocycles. The van der Waals surface area contributed by atoms with Gasteiger partial charge in [0.05, 0.1) is 124 Å². The molecule has 1 N–H and O–H groups in total. The first-order valence-corrected chi connectivity index (χ1v) is 20.6. The van der Waals surface area contributed by atoms with Gasteiger partial charge in [0.25, 0.3) is 11.8 Å². The number of hydroxylamine groups is 2. The maximum absolute atomic E-state index is 13.4. The number of para-hydroxylation sites is 1. The summed E-state index contributed by atoms with van der Waals surface area (Å²) in [6.07, 6.45) is 1.18. The molecule has 0 atom stereocenters. The summed E-state index contributed by atoms with van der Waals surface area (Å²) in [6.45, 7) is 6.88. The second-order valence-corrected chi connectivity index (χ2v) is 13.8. The number of nitrogens with zero attached hydrogens (tertiary/aromatic N) is 2. The minimum Gasteiger partial charge on any atom is -0.378 e. The quantitative estimate of drug-likeness (QED) is 0.0863. The molecule has 328 valence electrons. The fourth-order valence-corrected chi connectivity index (χ4v) is 6.35. The first kappa shape index (κ1) is 46.5. The summed E-state index contributed by atoms with van der Waals surface area (Å²) in [5.41, 5.74) is 6.96. The standard InChI is InChI=1S/C43H57N3O14/c47-39(9-10-40(48)45-32-33-5-1-2-6-34(33)36-31-37(36)35-7-3-4-8-38(35)45)44-14-16-53-18-20-55-22-24-57-26-28-59-30-29-58-27-25-56-23-21-54-19-17-52-15-13-43(51)60-46-41(49)11-12-42(46)50/h1-8H,9-32H2,(H,44,47). The van der Waals surface area contributed by atoms with Crippen molar-refractivity contribution in [2.75, 3.05) is 117 Å². The molecule has 0 radical (unpaired) electrons. The van der Waals surface area contributed by atoms with E-state index in [-0.39, 0.29) is 57.1 Å². The predicted molar refractivity (Wildman–Crippen MR) is 216 cm³/mol. The van der Waals surface area contributed by atoms with Gasteiger partial charge in [-0.25, -0.2) is 4.79 Å². The van der Waals surface area contributed by atoms with Crippen molar-refractivity contribution in [2.24, 2.45) is 0 Å². The molecule has 1 fully saturated rings. The number of rotatable bonds is 31. The Hall–Kier alpha value is -4.59. The number of benzene rings is 2. The van der Waals surface area contributed by atoms with Crippen LogP contribution in [0, 0.1) is 0 Å². The van der Waals surface area contributed by atoms with Crippen molar-refractivity contribution in [3.8, 4) is 0 Å². The second kappa shape index (κ2) is 26.6. The second-order valence-electron chi connectivity index (χ2n) is 13.8. The van der Waals surface area contributed by atoms with E-state index in [1.165, 1.54) is 16.7 Å². The normalized spacial score (nSPS) is 14.4. The molecule has 1 aliphatic carbocycles. The van der Waals surface area contributed by atoms with Gasteiger partial charge >= 0.3 is 5.97 Å². The van der Waals surface area contributed by atoms with Crippen LogP contribution in [0.15, 0.2) is 48.5 Å². The van der Waals surface area contributed by atoms with Gasteiger partial charge in [-0.2, -0.15) is 0 Å². The summed E-state index contributed by atoms with van der Waals surface area (Å²) in [5, 5.41) is 3.35. The monoisotopic (exact) mass is 839 g/mol. The predicted octanol–water partition coefficient (Wildman–Crippen LogP) is 2.87.